The molecule has 0 saturated heterocycles. The van der Waals surface area contributed by atoms with E-state index in [0.717, 1.165) is 28.0 Å². The predicted octanol–water partition coefficient (Wildman–Crippen LogP) is 2.96. The summed E-state index contributed by atoms with van der Waals surface area (Å²) in [5.41, 5.74) is 10.5. The molecule has 0 unspecified atom stereocenters. The van der Waals surface area contributed by atoms with Crippen molar-refractivity contribution in [1.29, 1.82) is 0 Å². The largest absolute Gasteiger partial charge is 0.389 e. The number of hydrogen-bond donors (Lipinski definition) is 1. The maximum Gasteiger partial charge on any atom is 0.130 e. The van der Waals surface area contributed by atoms with Crippen LogP contribution in [-0.2, 0) is 6.54 Å². The molecule has 0 aliphatic rings. The van der Waals surface area contributed by atoms with Crippen LogP contribution in [-0.4, -0.2) is 22.0 Å². The fraction of sp³-hybridized carbons (Fsp3) is 0.133. The van der Waals surface area contributed by atoms with Gasteiger partial charge >= 0.3 is 0 Å². The van der Waals surface area contributed by atoms with E-state index < -0.39 is 0 Å². The van der Waals surface area contributed by atoms with E-state index in [0.29, 0.717) is 11.5 Å². The number of rotatable bonds is 4. The van der Waals surface area contributed by atoms with Crippen LogP contribution in [0.3, 0.4) is 0 Å². The monoisotopic (exact) mass is 314 g/mol. The fourth-order valence-corrected chi connectivity index (χ4v) is 2.92. The first-order valence-corrected chi connectivity index (χ1v) is 7.78. The van der Waals surface area contributed by atoms with Crippen molar-refractivity contribution < 1.29 is 0 Å². The van der Waals surface area contributed by atoms with Gasteiger partial charge in [-0.3, -0.25) is 0 Å². The lowest BCUT2D eigenvalue weighted by Crippen LogP contribution is -2.19. The van der Waals surface area contributed by atoms with Crippen LogP contribution in [0.5, 0.6) is 0 Å². The van der Waals surface area contributed by atoms with Crippen molar-refractivity contribution >= 4 is 45.3 Å². The zero-order valence-electron chi connectivity index (χ0n) is 11.5. The van der Waals surface area contributed by atoms with Crippen LogP contribution in [0, 0.1) is 0 Å². The molecular formula is C15H14N4S2. The minimum Gasteiger partial charge on any atom is -0.389 e. The Morgan fingerprint density at radius 1 is 1.38 bits per heavy atom. The topological polar surface area (TPSA) is 55.0 Å². The van der Waals surface area contributed by atoms with Crippen molar-refractivity contribution in [2.75, 3.05) is 11.9 Å². The quantitative estimate of drug-likeness (QED) is 0.750. The Kier molecular flexibility index (Phi) is 3.81. The Morgan fingerprint density at radius 2 is 2.19 bits per heavy atom. The number of nitrogens with zero attached hydrogens (tertiary/aromatic N) is 3. The van der Waals surface area contributed by atoms with E-state index in [-0.39, 0.29) is 0 Å². The molecule has 0 radical (unpaired) electrons. The SMILES string of the molecule is CN(Cc1cscn1)c1cc(C(N)=S)c2ccccc2n1. The summed E-state index contributed by atoms with van der Waals surface area (Å²) in [6.07, 6.45) is 0. The first-order chi connectivity index (χ1) is 10.1. The molecule has 2 N–H and O–H groups in total. The number of thiazole rings is 1. The van der Waals surface area contributed by atoms with Gasteiger partial charge in [-0.05, 0) is 12.1 Å². The van der Waals surface area contributed by atoms with Gasteiger partial charge in [-0.1, -0.05) is 30.4 Å². The van der Waals surface area contributed by atoms with Gasteiger partial charge in [0.1, 0.15) is 10.8 Å². The minimum atomic E-state index is 0.386. The van der Waals surface area contributed by atoms with Crippen LogP contribution >= 0.6 is 23.6 Å². The summed E-state index contributed by atoms with van der Waals surface area (Å²) in [5.74, 6) is 0.838. The molecule has 3 aromatic rings. The molecular weight excluding hydrogens is 300 g/mol. The van der Waals surface area contributed by atoms with Crippen molar-refractivity contribution in [3.8, 4) is 0 Å². The number of benzene rings is 1. The van der Waals surface area contributed by atoms with Gasteiger partial charge in [0.25, 0.3) is 0 Å². The summed E-state index contributed by atoms with van der Waals surface area (Å²) >= 11 is 6.76. The molecule has 0 saturated carbocycles. The first kappa shape index (κ1) is 13.9. The van der Waals surface area contributed by atoms with E-state index in [1.807, 2.05) is 53.2 Å². The van der Waals surface area contributed by atoms with Crippen molar-refractivity contribution in [3.63, 3.8) is 0 Å². The van der Waals surface area contributed by atoms with Gasteiger partial charge in [-0.25, -0.2) is 9.97 Å². The highest BCUT2D eigenvalue weighted by atomic mass is 32.1. The molecule has 0 atom stereocenters. The highest BCUT2D eigenvalue weighted by Gasteiger charge is 2.11. The standard InChI is InChI=1S/C15H14N4S2/c1-19(7-10-8-21-9-17-10)14-6-12(15(16)20)11-4-2-3-5-13(11)18-14/h2-6,8-9H,7H2,1H3,(H2,16,20). The number of thiocarbonyl (C=S) groups is 1. The van der Waals surface area contributed by atoms with Crippen LogP contribution in [0.2, 0.25) is 0 Å². The molecule has 0 fully saturated rings. The number of anilines is 1. The van der Waals surface area contributed by atoms with Gasteiger partial charge in [0.05, 0.1) is 23.3 Å². The maximum atomic E-state index is 5.86. The Hall–Kier alpha value is -2.05. The third kappa shape index (κ3) is 2.86. The Morgan fingerprint density at radius 3 is 2.90 bits per heavy atom. The zero-order chi connectivity index (χ0) is 14.8. The highest BCUT2D eigenvalue weighted by Crippen LogP contribution is 2.23. The lowest BCUT2D eigenvalue weighted by atomic mass is 10.1. The van der Waals surface area contributed by atoms with E-state index in [1.54, 1.807) is 11.3 Å². The van der Waals surface area contributed by atoms with Gasteiger partial charge in [-0.15, -0.1) is 11.3 Å². The maximum absolute atomic E-state index is 5.86. The summed E-state index contributed by atoms with van der Waals surface area (Å²) in [4.78, 5) is 11.4. The number of fused-ring (bicyclic) bond motifs is 1. The third-order valence-electron chi connectivity index (χ3n) is 3.24. The van der Waals surface area contributed by atoms with Crippen LogP contribution < -0.4 is 10.6 Å². The Bertz CT molecular complexity index is 783. The second kappa shape index (κ2) is 5.75. The van der Waals surface area contributed by atoms with Crippen molar-refractivity contribution in [1.82, 2.24) is 9.97 Å². The summed E-state index contributed by atoms with van der Waals surface area (Å²) < 4.78 is 0. The molecule has 2 heterocycles. The summed E-state index contributed by atoms with van der Waals surface area (Å²) in [6.45, 7) is 0.700. The smallest absolute Gasteiger partial charge is 0.130 e. The summed E-state index contributed by atoms with van der Waals surface area (Å²) in [7, 11) is 1.99. The molecule has 0 aliphatic carbocycles. The molecule has 1 aromatic carbocycles. The molecule has 21 heavy (non-hydrogen) atoms. The second-order valence-corrected chi connectivity index (χ2v) is 5.90. The number of hydrogen-bond acceptors (Lipinski definition) is 5. The molecule has 0 amide bonds. The lowest BCUT2D eigenvalue weighted by molar-refractivity contribution is 0.878. The minimum absolute atomic E-state index is 0.386. The molecule has 4 nitrogen and oxygen atoms in total. The summed E-state index contributed by atoms with van der Waals surface area (Å²) in [5, 5.41) is 3.02. The van der Waals surface area contributed by atoms with Crippen LogP contribution in [0.1, 0.15) is 11.3 Å². The van der Waals surface area contributed by atoms with Crippen LogP contribution in [0.4, 0.5) is 5.82 Å². The second-order valence-electron chi connectivity index (χ2n) is 4.75. The van der Waals surface area contributed by atoms with Crippen LogP contribution in [0.25, 0.3) is 10.9 Å². The molecule has 6 heteroatoms. The number of pyridine rings is 1. The number of para-hydroxylation sites is 1. The van der Waals surface area contributed by atoms with E-state index in [4.69, 9.17) is 18.0 Å². The average Bonchev–Trinajstić information content (AvgIpc) is 2.98. The molecule has 2 aromatic heterocycles. The third-order valence-corrected chi connectivity index (χ3v) is 4.10. The van der Waals surface area contributed by atoms with Crippen molar-refractivity contribution in [2.24, 2.45) is 5.73 Å². The Labute approximate surface area is 132 Å². The van der Waals surface area contributed by atoms with Crippen LogP contribution in [0.15, 0.2) is 41.2 Å². The number of nitrogens with two attached hydrogens (primary N) is 1. The van der Waals surface area contributed by atoms with E-state index >= 15 is 0 Å². The van der Waals surface area contributed by atoms with E-state index in [1.165, 1.54) is 0 Å². The van der Waals surface area contributed by atoms with Gasteiger partial charge in [0.15, 0.2) is 0 Å². The van der Waals surface area contributed by atoms with Gasteiger partial charge in [0.2, 0.25) is 0 Å². The van der Waals surface area contributed by atoms with E-state index in [9.17, 15) is 0 Å². The van der Waals surface area contributed by atoms with Crippen molar-refractivity contribution in [2.45, 2.75) is 6.54 Å². The molecule has 106 valence electrons. The van der Waals surface area contributed by atoms with Gasteiger partial charge in [-0.2, -0.15) is 0 Å². The predicted molar refractivity (Wildman–Crippen MR) is 91.9 cm³/mol. The van der Waals surface area contributed by atoms with Gasteiger partial charge < -0.3 is 10.6 Å². The summed E-state index contributed by atoms with van der Waals surface area (Å²) in [6, 6.07) is 9.82. The lowest BCUT2D eigenvalue weighted by Gasteiger charge is -2.19. The molecule has 3 rings (SSSR count). The average molecular weight is 314 g/mol. The van der Waals surface area contributed by atoms with E-state index in [2.05, 4.69) is 9.97 Å². The fourth-order valence-electron chi connectivity index (χ4n) is 2.20. The zero-order valence-corrected chi connectivity index (χ0v) is 13.1. The first-order valence-electron chi connectivity index (χ1n) is 6.43. The Balaban J connectivity index is 2.04. The van der Waals surface area contributed by atoms with Gasteiger partial charge in [0, 0.05) is 23.4 Å². The normalized spacial score (nSPS) is 10.7. The van der Waals surface area contributed by atoms with Crippen molar-refractivity contribution in [3.05, 3.63) is 52.5 Å². The highest BCUT2D eigenvalue weighted by molar-refractivity contribution is 7.80. The number of aromatic nitrogens is 2. The molecule has 0 spiro atoms. The molecule has 0 bridgehead atoms. The molecule has 0 aliphatic heterocycles.